The highest BCUT2D eigenvalue weighted by molar-refractivity contribution is 5.27. The third-order valence-electron chi connectivity index (χ3n) is 1.50. The minimum absolute atomic E-state index is 0.834. The number of aromatic amines is 1. The van der Waals surface area contributed by atoms with E-state index in [9.17, 15) is 0 Å². The van der Waals surface area contributed by atoms with Crippen LogP contribution in [-0.4, -0.2) is 22.0 Å². The summed E-state index contributed by atoms with van der Waals surface area (Å²) in [4.78, 5) is 0. The average molecular weight is 154 g/mol. The van der Waals surface area contributed by atoms with Crippen LogP contribution in [0.2, 0.25) is 0 Å². The van der Waals surface area contributed by atoms with Crippen molar-refractivity contribution in [3.05, 3.63) is 6.20 Å². The van der Waals surface area contributed by atoms with Gasteiger partial charge in [0.2, 0.25) is 0 Å². The summed E-state index contributed by atoms with van der Waals surface area (Å²) in [5.41, 5.74) is 0. The van der Waals surface area contributed by atoms with Gasteiger partial charge in [0, 0.05) is 6.54 Å². The van der Waals surface area contributed by atoms with E-state index in [4.69, 9.17) is 0 Å². The van der Waals surface area contributed by atoms with E-state index in [0.29, 0.717) is 0 Å². The third-order valence-corrected chi connectivity index (χ3v) is 1.50. The fraction of sp³-hybridized carbons (Fsp3) is 0.714. The van der Waals surface area contributed by atoms with Crippen molar-refractivity contribution in [2.45, 2.75) is 26.2 Å². The number of hydrogen-bond donors (Lipinski definition) is 2. The van der Waals surface area contributed by atoms with Crippen molar-refractivity contribution in [1.82, 2.24) is 15.4 Å². The maximum absolute atomic E-state index is 3.87. The minimum Gasteiger partial charge on any atom is -0.367 e. The molecule has 0 spiro atoms. The molecular weight excluding hydrogens is 140 g/mol. The van der Waals surface area contributed by atoms with Gasteiger partial charge in [-0.3, -0.25) is 0 Å². The molecule has 0 bridgehead atoms. The van der Waals surface area contributed by atoms with Gasteiger partial charge in [0.15, 0.2) is 5.82 Å². The second kappa shape index (κ2) is 4.71. The molecule has 0 aromatic carbocycles. The molecular formula is C7H14N4. The first-order valence-electron chi connectivity index (χ1n) is 4.03. The average Bonchev–Trinajstić information content (AvgIpc) is 2.50. The van der Waals surface area contributed by atoms with Gasteiger partial charge in [-0.2, -0.15) is 10.3 Å². The van der Waals surface area contributed by atoms with Gasteiger partial charge in [-0.1, -0.05) is 19.8 Å². The van der Waals surface area contributed by atoms with Crippen molar-refractivity contribution in [3.8, 4) is 0 Å². The van der Waals surface area contributed by atoms with Gasteiger partial charge in [-0.25, -0.2) is 0 Å². The summed E-state index contributed by atoms with van der Waals surface area (Å²) in [7, 11) is 0. The summed E-state index contributed by atoms with van der Waals surface area (Å²) in [6.45, 7) is 3.18. The molecule has 0 aliphatic carbocycles. The zero-order chi connectivity index (χ0) is 7.94. The molecule has 0 amide bonds. The molecule has 2 N–H and O–H groups in total. The second-order valence-corrected chi connectivity index (χ2v) is 2.49. The van der Waals surface area contributed by atoms with Crippen molar-refractivity contribution in [1.29, 1.82) is 0 Å². The van der Waals surface area contributed by atoms with Crippen LogP contribution in [0.1, 0.15) is 26.2 Å². The van der Waals surface area contributed by atoms with Crippen molar-refractivity contribution >= 4 is 5.82 Å². The lowest BCUT2D eigenvalue weighted by atomic mass is 10.2. The lowest BCUT2D eigenvalue weighted by Gasteiger charge is -1.99. The highest BCUT2D eigenvalue weighted by atomic mass is 15.3. The molecule has 0 saturated carbocycles. The third kappa shape index (κ3) is 3.02. The zero-order valence-corrected chi connectivity index (χ0v) is 6.80. The van der Waals surface area contributed by atoms with E-state index in [1.54, 1.807) is 6.20 Å². The highest BCUT2D eigenvalue weighted by Gasteiger charge is 1.91. The minimum atomic E-state index is 0.834. The van der Waals surface area contributed by atoms with E-state index in [0.717, 1.165) is 12.4 Å². The van der Waals surface area contributed by atoms with E-state index in [-0.39, 0.29) is 0 Å². The van der Waals surface area contributed by atoms with Crippen molar-refractivity contribution in [3.63, 3.8) is 0 Å². The molecule has 1 rings (SSSR count). The van der Waals surface area contributed by atoms with Crippen LogP contribution in [0.25, 0.3) is 0 Å². The van der Waals surface area contributed by atoms with Crippen molar-refractivity contribution < 1.29 is 0 Å². The van der Waals surface area contributed by atoms with Gasteiger partial charge >= 0.3 is 0 Å². The molecule has 4 nitrogen and oxygen atoms in total. The topological polar surface area (TPSA) is 53.6 Å². The summed E-state index contributed by atoms with van der Waals surface area (Å²) in [5.74, 6) is 0.834. The number of unbranched alkanes of at least 4 members (excludes halogenated alkanes) is 2. The van der Waals surface area contributed by atoms with E-state index in [1.807, 2.05) is 0 Å². The van der Waals surface area contributed by atoms with Crippen LogP contribution >= 0.6 is 0 Å². The monoisotopic (exact) mass is 154 g/mol. The van der Waals surface area contributed by atoms with Gasteiger partial charge in [0.1, 0.15) is 0 Å². The molecule has 0 unspecified atom stereocenters. The molecule has 0 atom stereocenters. The van der Waals surface area contributed by atoms with E-state index in [1.165, 1.54) is 19.3 Å². The molecule has 1 aromatic heterocycles. The summed E-state index contributed by atoms with van der Waals surface area (Å²) >= 11 is 0. The molecule has 0 saturated heterocycles. The number of nitrogens with zero attached hydrogens (tertiary/aromatic N) is 2. The Morgan fingerprint density at radius 2 is 2.45 bits per heavy atom. The molecule has 0 aliphatic heterocycles. The Kier molecular flexibility index (Phi) is 3.44. The zero-order valence-electron chi connectivity index (χ0n) is 6.80. The maximum atomic E-state index is 3.87. The smallest absolute Gasteiger partial charge is 0.168 e. The maximum Gasteiger partial charge on any atom is 0.168 e. The summed E-state index contributed by atoms with van der Waals surface area (Å²) in [5, 5.41) is 13.3. The Hall–Kier alpha value is -1.06. The van der Waals surface area contributed by atoms with E-state index < -0.39 is 0 Å². The van der Waals surface area contributed by atoms with Crippen LogP contribution in [0, 0.1) is 0 Å². The van der Waals surface area contributed by atoms with Crippen molar-refractivity contribution in [2.75, 3.05) is 11.9 Å². The van der Waals surface area contributed by atoms with Gasteiger partial charge in [0.25, 0.3) is 0 Å². The summed E-state index contributed by atoms with van der Waals surface area (Å²) < 4.78 is 0. The van der Waals surface area contributed by atoms with Crippen LogP contribution in [0.15, 0.2) is 6.20 Å². The fourth-order valence-electron chi connectivity index (χ4n) is 0.878. The molecule has 0 radical (unpaired) electrons. The molecule has 62 valence electrons. The number of rotatable bonds is 5. The Morgan fingerprint density at radius 1 is 1.55 bits per heavy atom. The molecule has 11 heavy (non-hydrogen) atoms. The molecule has 0 fully saturated rings. The quantitative estimate of drug-likeness (QED) is 0.630. The molecule has 4 heteroatoms. The summed E-state index contributed by atoms with van der Waals surface area (Å²) in [6, 6.07) is 0. The Morgan fingerprint density at radius 3 is 3.09 bits per heavy atom. The second-order valence-electron chi connectivity index (χ2n) is 2.49. The SMILES string of the molecule is CCCCCNc1cn[nH]n1. The van der Waals surface area contributed by atoms with Gasteiger partial charge in [0.05, 0.1) is 6.20 Å². The van der Waals surface area contributed by atoms with E-state index in [2.05, 4.69) is 27.7 Å². The first-order valence-corrected chi connectivity index (χ1v) is 4.03. The van der Waals surface area contributed by atoms with Crippen LogP contribution in [0.4, 0.5) is 5.82 Å². The number of hydrogen-bond acceptors (Lipinski definition) is 3. The Balaban J connectivity index is 2.04. The van der Waals surface area contributed by atoms with Crippen LogP contribution in [0.5, 0.6) is 0 Å². The Bertz CT molecular complexity index is 171. The standard InChI is InChI=1S/C7H14N4/c1-2-3-4-5-8-7-6-9-11-10-7/h6H,2-5H2,1H3,(H2,8,9,10,11). The predicted octanol–water partition coefficient (Wildman–Crippen LogP) is 1.41. The van der Waals surface area contributed by atoms with E-state index >= 15 is 0 Å². The normalized spacial score (nSPS) is 9.91. The van der Waals surface area contributed by atoms with Crippen LogP contribution in [0.3, 0.4) is 0 Å². The first kappa shape index (κ1) is 8.04. The first-order chi connectivity index (χ1) is 5.43. The van der Waals surface area contributed by atoms with Gasteiger partial charge in [-0.15, -0.1) is 5.10 Å². The van der Waals surface area contributed by atoms with Gasteiger partial charge < -0.3 is 5.32 Å². The highest BCUT2D eigenvalue weighted by Crippen LogP contribution is 1.98. The Labute approximate surface area is 66.4 Å². The molecule has 1 heterocycles. The lowest BCUT2D eigenvalue weighted by Crippen LogP contribution is -2.01. The molecule has 1 aromatic rings. The largest absolute Gasteiger partial charge is 0.367 e. The fourth-order valence-corrected chi connectivity index (χ4v) is 0.878. The van der Waals surface area contributed by atoms with Crippen LogP contribution < -0.4 is 5.32 Å². The van der Waals surface area contributed by atoms with Gasteiger partial charge in [-0.05, 0) is 6.42 Å². The summed E-state index contributed by atoms with van der Waals surface area (Å²) in [6.07, 6.45) is 5.40. The molecule has 0 aliphatic rings. The number of nitrogens with one attached hydrogen (secondary N) is 2. The number of anilines is 1. The van der Waals surface area contributed by atoms with Crippen molar-refractivity contribution in [2.24, 2.45) is 0 Å². The number of H-pyrrole nitrogens is 1. The number of aromatic nitrogens is 3. The lowest BCUT2D eigenvalue weighted by molar-refractivity contribution is 0.742. The van der Waals surface area contributed by atoms with Crippen LogP contribution in [-0.2, 0) is 0 Å². The predicted molar refractivity (Wildman–Crippen MR) is 44.4 cm³/mol.